The van der Waals surface area contributed by atoms with Gasteiger partial charge in [0.25, 0.3) is 0 Å². The topological polar surface area (TPSA) is 16.1 Å². The number of rotatable bonds is 1. The second-order valence-electron chi connectivity index (χ2n) is 4.71. The highest BCUT2D eigenvalue weighted by Gasteiger charge is 2.28. The predicted molar refractivity (Wildman–Crippen MR) is 68.8 cm³/mol. The average Bonchev–Trinajstić information content (AvgIpc) is 2.30. The van der Waals surface area contributed by atoms with Crippen LogP contribution in [0.25, 0.3) is 6.08 Å². The molecule has 4 heterocycles. The fourth-order valence-corrected chi connectivity index (χ4v) is 3.08. The molecule has 3 saturated heterocycles. The molecule has 4 rings (SSSR count). The van der Waals surface area contributed by atoms with Crippen molar-refractivity contribution < 1.29 is 0 Å². The average molecular weight is 279 g/mol. The number of halogens is 1. The first-order valence-corrected chi connectivity index (χ1v) is 6.66. The third-order valence-electron chi connectivity index (χ3n) is 3.58. The van der Waals surface area contributed by atoms with Crippen LogP contribution in [0.4, 0.5) is 0 Å². The predicted octanol–water partition coefficient (Wildman–Crippen LogP) is 3.30. The van der Waals surface area contributed by atoms with E-state index in [1.165, 1.54) is 43.6 Å². The van der Waals surface area contributed by atoms with Crippen LogP contribution in [0.15, 0.2) is 28.6 Å². The molecule has 3 heteroatoms. The molecule has 0 saturated carbocycles. The number of hydrogen-bond acceptors (Lipinski definition) is 2. The molecule has 2 nitrogen and oxygen atoms in total. The Kier molecular flexibility index (Phi) is 2.72. The van der Waals surface area contributed by atoms with E-state index >= 15 is 0 Å². The van der Waals surface area contributed by atoms with Gasteiger partial charge >= 0.3 is 0 Å². The Morgan fingerprint density at radius 3 is 2.75 bits per heavy atom. The van der Waals surface area contributed by atoms with Crippen molar-refractivity contribution >= 4 is 22.0 Å². The van der Waals surface area contributed by atoms with Crippen LogP contribution in [0.5, 0.6) is 0 Å². The van der Waals surface area contributed by atoms with E-state index in [1.807, 2.05) is 12.4 Å². The Morgan fingerprint density at radius 1 is 1.31 bits per heavy atom. The van der Waals surface area contributed by atoms with E-state index in [0.717, 1.165) is 10.4 Å². The molecule has 0 atom stereocenters. The summed E-state index contributed by atoms with van der Waals surface area (Å²) < 4.78 is 1.05. The van der Waals surface area contributed by atoms with Crippen molar-refractivity contribution in [2.75, 3.05) is 13.1 Å². The molecule has 0 spiro atoms. The van der Waals surface area contributed by atoms with E-state index in [2.05, 4.69) is 38.0 Å². The van der Waals surface area contributed by atoms with Crippen LogP contribution in [-0.4, -0.2) is 23.0 Å². The molecule has 84 valence electrons. The summed E-state index contributed by atoms with van der Waals surface area (Å²) in [6.45, 7) is 2.50. The molecule has 0 radical (unpaired) electrons. The van der Waals surface area contributed by atoms with Crippen molar-refractivity contribution in [3.8, 4) is 0 Å². The van der Waals surface area contributed by atoms with E-state index in [4.69, 9.17) is 0 Å². The molecule has 3 aliphatic rings. The molecule has 1 aromatic heterocycles. The molecule has 1 aromatic rings. The van der Waals surface area contributed by atoms with Gasteiger partial charge in [-0.15, -0.1) is 0 Å². The van der Waals surface area contributed by atoms with Crippen molar-refractivity contribution in [3.63, 3.8) is 0 Å². The minimum absolute atomic E-state index is 0.927. The smallest absolute Gasteiger partial charge is 0.0410 e. The van der Waals surface area contributed by atoms with Gasteiger partial charge in [0.15, 0.2) is 0 Å². The van der Waals surface area contributed by atoms with Gasteiger partial charge in [-0.3, -0.25) is 4.98 Å². The lowest BCUT2D eigenvalue weighted by molar-refractivity contribution is 0.163. The van der Waals surface area contributed by atoms with Gasteiger partial charge in [0.1, 0.15) is 0 Å². The molecule has 0 amide bonds. The number of nitrogens with zero attached hydrogens (tertiary/aromatic N) is 2. The van der Waals surface area contributed by atoms with Gasteiger partial charge in [0.2, 0.25) is 0 Å². The minimum Gasteiger partial charge on any atom is -0.375 e. The van der Waals surface area contributed by atoms with Gasteiger partial charge in [0.05, 0.1) is 0 Å². The largest absolute Gasteiger partial charge is 0.375 e. The number of fused-ring (bicyclic) bond motifs is 3. The van der Waals surface area contributed by atoms with Crippen molar-refractivity contribution in [1.82, 2.24) is 9.88 Å². The van der Waals surface area contributed by atoms with Gasteiger partial charge in [-0.05, 0) is 58.8 Å². The van der Waals surface area contributed by atoms with Crippen LogP contribution >= 0.6 is 15.9 Å². The minimum atomic E-state index is 0.927. The van der Waals surface area contributed by atoms with Crippen molar-refractivity contribution in [1.29, 1.82) is 0 Å². The summed E-state index contributed by atoms with van der Waals surface area (Å²) in [5.74, 6) is 0.927. The molecule has 16 heavy (non-hydrogen) atoms. The van der Waals surface area contributed by atoms with Crippen LogP contribution in [0.1, 0.15) is 24.8 Å². The third kappa shape index (κ3) is 2.01. The Bertz CT molecular complexity index is 420. The Morgan fingerprint density at radius 2 is 2.12 bits per heavy atom. The zero-order chi connectivity index (χ0) is 11.0. The molecule has 2 bridgehead atoms. The molecular weight excluding hydrogens is 264 g/mol. The fourth-order valence-electron chi connectivity index (χ4n) is 2.70. The molecule has 3 fully saturated rings. The monoisotopic (exact) mass is 278 g/mol. The number of hydrogen-bond donors (Lipinski definition) is 0. The first kappa shape index (κ1) is 10.3. The molecule has 0 aliphatic carbocycles. The summed E-state index contributed by atoms with van der Waals surface area (Å²) in [5, 5.41) is 0. The number of pyridine rings is 1. The summed E-state index contributed by atoms with van der Waals surface area (Å²) in [7, 11) is 0. The van der Waals surface area contributed by atoms with Crippen molar-refractivity contribution in [3.05, 3.63) is 34.2 Å². The highest BCUT2D eigenvalue weighted by atomic mass is 79.9. The maximum atomic E-state index is 4.20. The highest BCUT2D eigenvalue weighted by molar-refractivity contribution is 9.10. The van der Waals surface area contributed by atoms with E-state index in [1.54, 1.807) is 0 Å². The lowest BCUT2D eigenvalue weighted by Crippen LogP contribution is -2.39. The summed E-state index contributed by atoms with van der Waals surface area (Å²) in [5.41, 5.74) is 2.71. The van der Waals surface area contributed by atoms with Gasteiger partial charge < -0.3 is 4.90 Å². The SMILES string of the molecule is Brc1cncc(/C=C2/CC3CCN2CC3)c1. The molecular formula is C13H15BrN2. The van der Waals surface area contributed by atoms with E-state index in [-0.39, 0.29) is 0 Å². The second kappa shape index (κ2) is 4.21. The summed E-state index contributed by atoms with van der Waals surface area (Å²) in [6.07, 6.45) is 10.1. The highest BCUT2D eigenvalue weighted by Crippen LogP contribution is 2.35. The van der Waals surface area contributed by atoms with Crippen LogP contribution in [-0.2, 0) is 0 Å². The molecule has 0 N–H and O–H groups in total. The Balaban J connectivity index is 1.87. The number of piperidine rings is 3. The van der Waals surface area contributed by atoms with Gasteiger partial charge in [-0.2, -0.15) is 0 Å². The summed E-state index contributed by atoms with van der Waals surface area (Å²) in [6, 6.07) is 2.13. The number of aromatic nitrogens is 1. The van der Waals surface area contributed by atoms with E-state index in [9.17, 15) is 0 Å². The maximum absolute atomic E-state index is 4.20. The Hall–Kier alpha value is -0.830. The zero-order valence-electron chi connectivity index (χ0n) is 9.19. The first-order valence-electron chi connectivity index (χ1n) is 5.87. The third-order valence-corrected chi connectivity index (χ3v) is 4.01. The van der Waals surface area contributed by atoms with Crippen molar-refractivity contribution in [2.24, 2.45) is 5.92 Å². The lowest BCUT2D eigenvalue weighted by atomic mass is 9.85. The number of allylic oxidation sites excluding steroid dienone is 1. The van der Waals surface area contributed by atoms with Gasteiger partial charge in [-0.25, -0.2) is 0 Å². The molecule has 0 aromatic carbocycles. The normalized spacial score (nSPS) is 23.1. The first-order chi connectivity index (χ1) is 7.81. The maximum Gasteiger partial charge on any atom is 0.0410 e. The summed E-state index contributed by atoms with van der Waals surface area (Å²) >= 11 is 3.46. The van der Waals surface area contributed by atoms with Crippen LogP contribution in [0.3, 0.4) is 0 Å². The van der Waals surface area contributed by atoms with E-state index in [0.29, 0.717) is 0 Å². The summed E-state index contributed by atoms with van der Waals surface area (Å²) in [4.78, 5) is 6.73. The molecule has 3 aliphatic heterocycles. The van der Waals surface area contributed by atoms with Gasteiger partial charge in [-0.1, -0.05) is 0 Å². The second-order valence-corrected chi connectivity index (χ2v) is 5.62. The molecule has 0 unspecified atom stereocenters. The van der Waals surface area contributed by atoms with Crippen molar-refractivity contribution in [2.45, 2.75) is 19.3 Å². The van der Waals surface area contributed by atoms with Gasteiger partial charge in [0, 0.05) is 35.7 Å². The van der Waals surface area contributed by atoms with Crippen LogP contribution < -0.4 is 0 Å². The van der Waals surface area contributed by atoms with Crippen LogP contribution in [0, 0.1) is 5.92 Å². The Labute approximate surface area is 104 Å². The van der Waals surface area contributed by atoms with Crippen LogP contribution in [0.2, 0.25) is 0 Å². The fraction of sp³-hybridized carbons (Fsp3) is 0.462. The zero-order valence-corrected chi connectivity index (χ0v) is 10.8. The lowest BCUT2D eigenvalue weighted by Gasteiger charge is -2.42. The van der Waals surface area contributed by atoms with E-state index < -0.39 is 0 Å². The quantitative estimate of drug-likeness (QED) is 0.784. The standard InChI is InChI=1S/C13H15BrN2/c14-12-5-11(8-15-9-12)7-13-6-10-1-3-16(13)4-2-10/h5,7-10H,1-4,6H2/b13-7-.